The first-order valence-electron chi connectivity index (χ1n) is 3.80. The van der Waals surface area contributed by atoms with Crippen molar-refractivity contribution in [3.8, 4) is 0 Å². The van der Waals surface area contributed by atoms with Gasteiger partial charge in [-0.1, -0.05) is 0 Å². The Kier molecular flexibility index (Phi) is 3.04. The van der Waals surface area contributed by atoms with Gasteiger partial charge in [0.25, 0.3) is 0 Å². The third-order valence-corrected chi connectivity index (χ3v) is 1.52. The summed E-state index contributed by atoms with van der Waals surface area (Å²) in [6.07, 6.45) is 0.813. The van der Waals surface area contributed by atoms with Gasteiger partial charge < -0.3 is 9.64 Å². The van der Waals surface area contributed by atoms with Crippen LogP contribution >= 0.6 is 0 Å². The van der Waals surface area contributed by atoms with E-state index in [9.17, 15) is 4.79 Å². The SMILES string of the molecule is CN(C)C(=O)N/N=C1/CCOC1. The highest BCUT2D eigenvalue weighted by Crippen LogP contribution is 1.98. The summed E-state index contributed by atoms with van der Waals surface area (Å²) in [7, 11) is 3.33. The maximum atomic E-state index is 11.0. The van der Waals surface area contributed by atoms with Gasteiger partial charge in [0, 0.05) is 20.5 Å². The number of nitrogens with one attached hydrogen (secondary N) is 1. The second-order valence-electron chi connectivity index (χ2n) is 2.79. The molecular weight excluding hydrogens is 158 g/mol. The number of ether oxygens (including phenoxy) is 1. The fraction of sp³-hybridized carbons (Fsp3) is 0.714. The number of carbonyl (C=O) groups is 1. The number of amides is 2. The maximum absolute atomic E-state index is 11.0. The lowest BCUT2D eigenvalue weighted by molar-refractivity contribution is 0.208. The first-order valence-corrected chi connectivity index (χ1v) is 3.80. The van der Waals surface area contributed by atoms with Gasteiger partial charge in [-0.3, -0.25) is 0 Å². The number of carbonyl (C=O) groups excluding carboxylic acids is 1. The van der Waals surface area contributed by atoms with Gasteiger partial charge in [0.2, 0.25) is 0 Å². The van der Waals surface area contributed by atoms with Gasteiger partial charge in [0.15, 0.2) is 0 Å². The molecular formula is C7H13N3O2. The Balaban J connectivity index is 2.32. The Morgan fingerprint density at radius 1 is 1.67 bits per heavy atom. The van der Waals surface area contributed by atoms with Crippen molar-refractivity contribution in [2.24, 2.45) is 5.10 Å². The van der Waals surface area contributed by atoms with Crippen molar-refractivity contribution in [2.45, 2.75) is 6.42 Å². The molecule has 0 spiro atoms. The highest BCUT2D eigenvalue weighted by atomic mass is 16.5. The third-order valence-electron chi connectivity index (χ3n) is 1.52. The van der Waals surface area contributed by atoms with Crippen LogP contribution in [0.3, 0.4) is 0 Å². The van der Waals surface area contributed by atoms with E-state index >= 15 is 0 Å². The number of hydrogen-bond donors (Lipinski definition) is 1. The first-order chi connectivity index (χ1) is 5.70. The molecule has 0 atom stereocenters. The van der Waals surface area contributed by atoms with Crippen LogP contribution in [0.4, 0.5) is 4.79 Å². The minimum Gasteiger partial charge on any atom is -0.375 e. The molecule has 1 aliphatic heterocycles. The summed E-state index contributed by atoms with van der Waals surface area (Å²) in [5, 5.41) is 3.89. The summed E-state index contributed by atoms with van der Waals surface area (Å²) in [6, 6.07) is -0.214. The molecule has 68 valence electrons. The molecule has 5 nitrogen and oxygen atoms in total. The molecule has 1 aliphatic rings. The zero-order valence-corrected chi connectivity index (χ0v) is 7.33. The van der Waals surface area contributed by atoms with E-state index in [1.807, 2.05) is 0 Å². The zero-order chi connectivity index (χ0) is 8.97. The number of hydrazone groups is 1. The summed E-state index contributed by atoms with van der Waals surface area (Å²) in [6.45, 7) is 1.24. The molecule has 1 heterocycles. The van der Waals surface area contributed by atoms with Gasteiger partial charge >= 0.3 is 6.03 Å². The highest BCUT2D eigenvalue weighted by molar-refractivity contribution is 5.88. The summed E-state index contributed by atoms with van der Waals surface area (Å²) in [5.74, 6) is 0. The fourth-order valence-electron chi connectivity index (χ4n) is 0.767. The van der Waals surface area contributed by atoms with Crippen LogP contribution in [0.1, 0.15) is 6.42 Å². The molecule has 0 unspecified atom stereocenters. The highest BCUT2D eigenvalue weighted by Gasteiger charge is 2.09. The molecule has 0 aromatic carbocycles. The summed E-state index contributed by atoms with van der Waals surface area (Å²) in [4.78, 5) is 12.4. The molecule has 2 amide bonds. The van der Waals surface area contributed by atoms with Crippen LogP contribution in [0.2, 0.25) is 0 Å². The second-order valence-corrected chi connectivity index (χ2v) is 2.79. The van der Waals surface area contributed by atoms with E-state index in [4.69, 9.17) is 4.74 Å². The number of urea groups is 1. The van der Waals surface area contributed by atoms with Crippen molar-refractivity contribution < 1.29 is 9.53 Å². The van der Waals surface area contributed by atoms with Crippen LogP contribution in [0.25, 0.3) is 0 Å². The van der Waals surface area contributed by atoms with Crippen LogP contribution in [0.15, 0.2) is 5.10 Å². The Morgan fingerprint density at radius 3 is 2.92 bits per heavy atom. The molecule has 1 fully saturated rings. The van der Waals surface area contributed by atoms with E-state index in [1.165, 1.54) is 4.90 Å². The lowest BCUT2D eigenvalue weighted by Crippen LogP contribution is -2.31. The van der Waals surface area contributed by atoms with E-state index in [0.717, 1.165) is 12.1 Å². The normalized spacial score (nSPS) is 19.7. The van der Waals surface area contributed by atoms with Gasteiger partial charge in [-0.05, 0) is 0 Å². The number of hydrogen-bond acceptors (Lipinski definition) is 3. The van der Waals surface area contributed by atoms with Crippen molar-refractivity contribution in [3.63, 3.8) is 0 Å². The van der Waals surface area contributed by atoms with Crippen LogP contribution in [0.5, 0.6) is 0 Å². The second kappa shape index (κ2) is 4.06. The van der Waals surface area contributed by atoms with Crippen LogP contribution in [-0.4, -0.2) is 44.0 Å². The topological polar surface area (TPSA) is 53.9 Å². The predicted molar refractivity (Wildman–Crippen MR) is 45.1 cm³/mol. The minimum absolute atomic E-state index is 0.214. The average molecular weight is 171 g/mol. The maximum Gasteiger partial charge on any atom is 0.337 e. The molecule has 0 aliphatic carbocycles. The lowest BCUT2D eigenvalue weighted by atomic mass is 10.3. The lowest BCUT2D eigenvalue weighted by Gasteiger charge is -2.08. The van der Waals surface area contributed by atoms with Gasteiger partial charge in [0.1, 0.15) is 0 Å². The van der Waals surface area contributed by atoms with Crippen LogP contribution < -0.4 is 5.43 Å². The first kappa shape index (κ1) is 8.99. The molecule has 0 aromatic rings. The standard InChI is InChI=1S/C7H13N3O2/c1-10(2)7(11)9-8-6-3-4-12-5-6/h3-5H2,1-2H3,(H,9,11)/b8-6-. The Hall–Kier alpha value is -1.10. The van der Waals surface area contributed by atoms with Crippen molar-refractivity contribution in [1.29, 1.82) is 0 Å². The van der Waals surface area contributed by atoms with E-state index in [0.29, 0.717) is 13.2 Å². The molecule has 0 saturated carbocycles. The molecule has 1 rings (SSSR count). The molecule has 0 bridgehead atoms. The predicted octanol–water partition coefficient (Wildman–Crippen LogP) is 0.0339. The number of nitrogens with zero attached hydrogens (tertiary/aromatic N) is 2. The quantitative estimate of drug-likeness (QED) is 0.566. The molecule has 0 radical (unpaired) electrons. The Labute approximate surface area is 71.4 Å². The number of rotatable bonds is 1. The van der Waals surface area contributed by atoms with Gasteiger partial charge in [-0.25, -0.2) is 10.2 Å². The van der Waals surface area contributed by atoms with Crippen molar-refractivity contribution in [1.82, 2.24) is 10.3 Å². The van der Waals surface area contributed by atoms with Crippen LogP contribution in [-0.2, 0) is 4.74 Å². The van der Waals surface area contributed by atoms with E-state index in [2.05, 4.69) is 10.5 Å². The van der Waals surface area contributed by atoms with E-state index in [1.54, 1.807) is 14.1 Å². The zero-order valence-electron chi connectivity index (χ0n) is 7.33. The molecule has 1 saturated heterocycles. The fourth-order valence-corrected chi connectivity index (χ4v) is 0.767. The monoisotopic (exact) mass is 171 g/mol. The molecule has 0 aromatic heterocycles. The van der Waals surface area contributed by atoms with Crippen molar-refractivity contribution in [2.75, 3.05) is 27.3 Å². The largest absolute Gasteiger partial charge is 0.375 e. The van der Waals surface area contributed by atoms with Gasteiger partial charge in [-0.15, -0.1) is 0 Å². The average Bonchev–Trinajstić information content (AvgIpc) is 2.51. The summed E-state index contributed by atoms with van der Waals surface area (Å²) in [5.41, 5.74) is 3.31. The van der Waals surface area contributed by atoms with Crippen molar-refractivity contribution in [3.05, 3.63) is 0 Å². The van der Waals surface area contributed by atoms with Crippen molar-refractivity contribution >= 4 is 11.7 Å². The molecule has 1 N–H and O–H groups in total. The Bertz CT molecular complexity index is 193. The van der Waals surface area contributed by atoms with E-state index in [-0.39, 0.29) is 6.03 Å². The molecule has 12 heavy (non-hydrogen) atoms. The summed E-state index contributed by atoms with van der Waals surface area (Å²) < 4.78 is 5.05. The third kappa shape index (κ3) is 2.50. The Morgan fingerprint density at radius 2 is 2.42 bits per heavy atom. The van der Waals surface area contributed by atoms with E-state index < -0.39 is 0 Å². The summed E-state index contributed by atoms with van der Waals surface area (Å²) >= 11 is 0. The smallest absolute Gasteiger partial charge is 0.337 e. The molecule has 5 heteroatoms. The van der Waals surface area contributed by atoms with Gasteiger partial charge in [-0.2, -0.15) is 5.10 Å². The van der Waals surface area contributed by atoms with Crippen LogP contribution in [0, 0.1) is 0 Å². The van der Waals surface area contributed by atoms with Gasteiger partial charge in [0.05, 0.1) is 18.9 Å². The minimum atomic E-state index is -0.214.